The first-order chi connectivity index (χ1) is 7.39. The summed E-state index contributed by atoms with van der Waals surface area (Å²) >= 11 is 0. The standard InChI is InChI=1S/C10H9F4NO/c1-5-4-16-9-7(15-5)3-2-6(11)8(9)10(12,13)14/h2-3,5,15H,4H2,1H3. The molecule has 2 rings (SSSR count). The lowest BCUT2D eigenvalue weighted by atomic mass is 10.1. The molecule has 2 nitrogen and oxygen atoms in total. The zero-order valence-electron chi connectivity index (χ0n) is 8.36. The largest absolute Gasteiger partial charge is 0.489 e. The lowest BCUT2D eigenvalue weighted by Gasteiger charge is -2.27. The summed E-state index contributed by atoms with van der Waals surface area (Å²) in [5.41, 5.74) is -1.17. The van der Waals surface area contributed by atoms with E-state index in [2.05, 4.69) is 5.32 Å². The Balaban J connectivity index is 2.56. The predicted octanol–water partition coefficient (Wildman–Crippen LogP) is 3.04. The van der Waals surface area contributed by atoms with Crippen LogP contribution in [0.15, 0.2) is 12.1 Å². The molecule has 1 aromatic carbocycles. The van der Waals surface area contributed by atoms with Crippen LogP contribution in [0.1, 0.15) is 12.5 Å². The van der Waals surface area contributed by atoms with Crippen LogP contribution < -0.4 is 10.1 Å². The maximum Gasteiger partial charge on any atom is 0.422 e. The van der Waals surface area contributed by atoms with Crippen LogP contribution in [0.2, 0.25) is 0 Å². The average molecular weight is 235 g/mol. The maximum atomic E-state index is 13.1. The molecule has 1 atom stereocenters. The topological polar surface area (TPSA) is 21.3 Å². The zero-order valence-corrected chi connectivity index (χ0v) is 8.36. The Kier molecular flexibility index (Phi) is 2.44. The lowest BCUT2D eigenvalue weighted by molar-refractivity contribution is -0.141. The first-order valence-corrected chi connectivity index (χ1v) is 4.68. The van der Waals surface area contributed by atoms with E-state index in [1.807, 2.05) is 0 Å². The summed E-state index contributed by atoms with van der Waals surface area (Å²) in [6, 6.07) is 1.94. The molecule has 1 aliphatic heterocycles. The molecule has 0 saturated carbocycles. The highest BCUT2D eigenvalue weighted by atomic mass is 19.4. The van der Waals surface area contributed by atoms with Gasteiger partial charge in [-0.2, -0.15) is 13.2 Å². The third-order valence-corrected chi connectivity index (χ3v) is 2.27. The molecular weight excluding hydrogens is 226 g/mol. The van der Waals surface area contributed by atoms with Crippen molar-refractivity contribution >= 4 is 5.69 Å². The molecule has 0 fully saturated rings. The van der Waals surface area contributed by atoms with Crippen LogP contribution >= 0.6 is 0 Å². The Morgan fingerprint density at radius 2 is 2.06 bits per heavy atom. The summed E-state index contributed by atoms with van der Waals surface area (Å²) in [6.07, 6.45) is -4.75. The Bertz CT molecular complexity index is 416. The van der Waals surface area contributed by atoms with Gasteiger partial charge in [-0.15, -0.1) is 0 Å². The molecule has 88 valence electrons. The fraction of sp³-hybridized carbons (Fsp3) is 0.400. The highest BCUT2D eigenvalue weighted by Crippen LogP contribution is 2.43. The van der Waals surface area contributed by atoms with Gasteiger partial charge in [0.05, 0.1) is 11.7 Å². The van der Waals surface area contributed by atoms with Gasteiger partial charge < -0.3 is 10.1 Å². The number of hydrogen-bond acceptors (Lipinski definition) is 2. The van der Waals surface area contributed by atoms with Crippen LogP contribution in [-0.4, -0.2) is 12.6 Å². The molecule has 0 radical (unpaired) electrons. The van der Waals surface area contributed by atoms with E-state index in [-0.39, 0.29) is 18.3 Å². The number of nitrogens with one attached hydrogen (secondary N) is 1. The first-order valence-electron chi connectivity index (χ1n) is 4.68. The number of benzene rings is 1. The number of anilines is 1. The number of rotatable bonds is 0. The number of halogens is 4. The van der Waals surface area contributed by atoms with Gasteiger partial charge in [0.25, 0.3) is 0 Å². The number of ether oxygens (including phenoxy) is 1. The summed E-state index contributed by atoms with van der Waals surface area (Å²) in [7, 11) is 0. The summed E-state index contributed by atoms with van der Waals surface area (Å²) in [6.45, 7) is 1.85. The van der Waals surface area contributed by atoms with Gasteiger partial charge in [0.2, 0.25) is 0 Å². The fourth-order valence-corrected chi connectivity index (χ4v) is 1.60. The SMILES string of the molecule is CC1COc2c(ccc(F)c2C(F)(F)F)N1. The molecule has 1 N–H and O–H groups in total. The van der Waals surface area contributed by atoms with Gasteiger partial charge in [0, 0.05) is 0 Å². The molecule has 0 saturated heterocycles. The highest BCUT2D eigenvalue weighted by Gasteiger charge is 2.40. The van der Waals surface area contributed by atoms with Crippen LogP contribution in [0.4, 0.5) is 23.2 Å². The number of alkyl halides is 3. The fourth-order valence-electron chi connectivity index (χ4n) is 1.60. The van der Waals surface area contributed by atoms with Crippen molar-refractivity contribution in [1.82, 2.24) is 0 Å². The Hall–Kier alpha value is -1.46. The van der Waals surface area contributed by atoms with E-state index in [0.29, 0.717) is 0 Å². The monoisotopic (exact) mass is 235 g/mol. The quantitative estimate of drug-likeness (QED) is 0.698. The molecule has 0 spiro atoms. The van der Waals surface area contributed by atoms with E-state index in [0.717, 1.165) is 6.07 Å². The van der Waals surface area contributed by atoms with E-state index in [1.54, 1.807) is 6.92 Å². The first kappa shape index (κ1) is 11.0. The molecule has 1 aliphatic rings. The molecule has 0 aliphatic carbocycles. The van der Waals surface area contributed by atoms with E-state index in [9.17, 15) is 17.6 Å². The second-order valence-corrected chi connectivity index (χ2v) is 3.65. The van der Waals surface area contributed by atoms with Crippen LogP contribution in [0.5, 0.6) is 5.75 Å². The van der Waals surface area contributed by atoms with Gasteiger partial charge in [0.1, 0.15) is 18.0 Å². The van der Waals surface area contributed by atoms with Crippen LogP contribution in [-0.2, 0) is 6.18 Å². The van der Waals surface area contributed by atoms with Crippen molar-refractivity contribution in [3.8, 4) is 5.75 Å². The van der Waals surface area contributed by atoms with E-state index in [4.69, 9.17) is 4.74 Å². The summed E-state index contributed by atoms with van der Waals surface area (Å²) < 4.78 is 55.9. The van der Waals surface area contributed by atoms with Crippen molar-refractivity contribution in [2.24, 2.45) is 0 Å². The molecule has 1 aromatic rings. The highest BCUT2D eigenvalue weighted by molar-refractivity contribution is 5.63. The maximum absolute atomic E-state index is 13.1. The molecule has 0 bridgehead atoms. The third-order valence-electron chi connectivity index (χ3n) is 2.27. The summed E-state index contributed by atoms with van der Waals surface area (Å²) in [5.74, 6) is -1.77. The molecule has 0 amide bonds. The van der Waals surface area contributed by atoms with E-state index in [1.165, 1.54) is 6.07 Å². The zero-order chi connectivity index (χ0) is 11.9. The van der Waals surface area contributed by atoms with Gasteiger partial charge >= 0.3 is 6.18 Å². The number of fused-ring (bicyclic) bond motifs is 1. The van der Waals surface area contributed by atoms with Crippen molar-refractivity contribution in [3.63, 3.8) is 0 Å². The van der Waals surface area contributed by atoms with Crippen molar-refractivity contribution in [1.29, 1.82) is 0 Å². The molecule has 1 unspecified atom stereocenters. The Morgan fingerprint density at radius 3 is 2.69 bits per heavy atom. The molecular formula is C10H9F4NO. The molecule has 6 heteroatoms. The molecule has 16 heavy (non-hydrogen) atoms. The number of hydrogen-bond donors (Lipinski definition) is 1. The summed E-state index contributed by atoms with van der Waals surface area (Å²) in [4.78, 5) is 0. The summed E-state index contributed by atoms with van der Waals surface area (Å²) in [5, 5.41) is 2.81. The third kappa shape index (κ3) is 1.79. The molecule has 0 aromatic heterocycles. The van der Waals surface area contributed by atoms with Gasteiger partial charge in [-0.1, -0.05) is 0 Å². The van der Waals surface area contributed by atoms with Gasteiger partial charge in [0.15, 0.2) is 5.75 Å². The minimum atomic E-state index is -4.75. The van der Waals surface area contributed by atoms with Gasteiger partial charge in [-0.05, 0) is 19.1 Å². The smallest absolute Gasteiger partial charge is 0.422 e. The predicted molar refractivity (Wildman–Crippen MR) is 50.0 cm³/mol. The van der Waals surface area contributed by atoms with Crippen LogP contribution in [0.3, 0.4) is 0 Å². The Morgan fingerprint density at radius 1 is 1.38 bits per heavy atom. The second-order valence-electron chi connectivity index (χ2n) is 3.65. The average Bonchev–Trinajstić information content (AvgIpc) is 2.16. The van der Waals surface area contributed by atoms with E-state index < -0.39 is 23.3 Å². The van der Waals surface area contributed by atoms with Gasteiger partial charge in [-0.3, -0.25) is 0 Å². The van der Waals surface area contributed by atoms with E-state index >= 15 is 0 Å². The van der Waals surface area contributed by atoms with Crippen LogP contribution in [0, 0.1) is 5.82 Å². The Labute approximate surface area is 89.2 Å². The van der Waals surface area contributed by atoms with Crippen molar-refractivity contribution in [2.75, 3.05) is 11.9 Å². The van der Waals surface area contributed by atoms with Crippen LogP contribution in [0.25, 0.3) is 0 Å². The second kappa shape index (κ2) is 3.54. The lowest BCUT2D eigenvalue weighted by Crippen LogP contribution is -2.30. The van der Waals surface area contributed by atoms with Crippen molar-refractivity contribution < 1.29 is 22.3 Å². The normalized spacial score (nSPS) is 19.7. The van der Waals surface area contributed by atoms with Gasteiger partial charge in [-0.25, -0.2) is 4.39 Å². The van der Waals surface area contributed by atoms with Crippen molar-refractivity contribution in [3.05, 3.63) is 23.5 Å². The van der Waals surface area contributed by atoms with Crippen molar-refractivity contribution in [2.45, 2.75) is 19.1 Å². The minimum Gasteiger partial charge on any atom is -0.489 e. The molecule has 1 heterocycles. The minimum absolute atomic E-state index is 0.0829.